The first-order valence-electron chi connectivity index (χ1n) is 6.72. The third-order valence-electron chi connectivity index (χ3n) is 3.25. The van der Waals surface area contributed by atoms with Crippen LogP contribution in [0.3, 0.4) is 0 Å². The largest absolute Gasteiger partial charge is 0.351 e. The van der Waals surface area contributed by atoms with Crippen LogP contribution in [0.1, 0.15) is 35.3 Å². The molecule has 1 atom stereocenters. The molecule has 0 spiro atoms. The fraction of sp³-hybridized carbons (Fsp3) is 0.250. The van der Waals surface area contributed by atoms with E-state index in [0.29, 0.717) is 18.2 Å². The Morgan fingerprint density at radius 3 is 2.86 bits per heavy atom. The fourth-order valence-electron chi connectivity index (χ4n) is 2.05. The lowest BCUT2D eigenvalue weighted by atomic mass is 9.98. The minimum Gasteiger partial charge on any atom is -0.351 e. The maximum Gasteiger partial charge on any atom is 0.269 e. The molecular weight excluding hydrogens is 443 g/mol. The minimum atomic E-state index is -0.117. The van der Waals surface area contributed by atoms with E-state index >= 15 is 0 Å². The van der Waals surface area contributed by atoms with Gasteiger partial charge >= 0.3 is 0 Å². The topological polar surface area (TPSA) is 42.0 Å². The first-order valence-corrected chi connectivity index (χ1v) is 8.59. The predicted molar refractivity (Wildman–Crippen MR) is 96.5 cm³/mol. The second-order valence-electron chi connectivity index (χ2n) is 4.83. The van der Waals surface area contributed by atoms with Crippen molar-refractivity contribution in [2.45, 2.75) is 19.3 Å². The summed E-state index contributed by atoms with van der Waals surface area (Å²) in [5.41, 5.74) is 1.77. The molecule has 1 aromatic heterocycles. The molecule has 21 heavy (non-hydrogen) atoms. The molecule has 1 unspecified atom stereocenters. The van der Waals surface area contributed by atoms with E-state index in [9.17, 15) is 4.79 Å². The third-order valence-corrected chi connectivity index (χ3v) is 4.68. The summed E-state index contributed by atoms with van der Waals surface area (Å²) in [5, 5.41) is 2.92. The molecule has 0 fully saturated rings. The van der Waals surface area contributed by atoms with Crippen LogP contribution in [0.5, 0.6) is 0 Å². The highest BCUT2D eigenvalue weighted by Gasteiger charge is 2.11. The SMILES string of the molecule is CC(CCNC(=O)c1ccccn1)c1ccc(Br)cc1I. The van der Waals surface area contributed by atoms with Gasteiger partial charge in [-0.3, -0.25) is 9.78 Å². The molecule has 1 N–H and O–H groups in total. The van der Waals surface area contributed by atoms with Crippen molar-refractivity contribution in [1.29, 1.82) is 0 Å². The number of halogens is 2. The average Bonchev–Trinajstić information content (AvgIpc) is 2.47. The maximum atomic E-state index is 11.9. The number of amides is 1. The number of carbonyl (C=O) groups excluding carboxylic acids is 1. The van der Waals surface area contributed by atoms with Crippen molar-refractivity contribution in [3.63, 3.8) is 0 Å². The fourth-order valence-corrected chi connectivity index (χ4v) is 3.88. The van der Waals surface area contributed by atoms with Gasteiger partial charge in [-0.2, -0.15) is 0 Å². The molecule has 0 aliphatic rings. The molecular formula is C16H16BrIN2O. The molecule has 1 amide bonds. The summed E-state index contributed by atoms with van der Waals surface area (Å²) in [6.07, 6.45) is 2.53. The summed E-state index contributed by atoms with van der Waals surface area (Å²) >= 11 is 5.82. The van der Waals surface area contributed by atoms with Gasteiger partial charge < -0.3 is 5.32 Å². The average molecular weight is 459 g/mol. The summed E-state index contributed by atoms with van der Waals surface area (Å²) in [7, 11) is 0. The van der Waals surface area contributed by atoms with Gasteiger partial charge in [0.1, 0.15) is 5.69 Å². The highest BCUT2D eigenvalue weighted by molar-refractivity contribution is 14.1. The molecule has 0 bridgehead atoms. The van der Waals surface area contributed by atoms with Crippen LogP contribution in [0.4, 0.5) is 0 Å². The van der Waals surface area contributed by atoms with Gasteiger partial charge in [0.25, 0.3) is 5.91 Å². The first-order chi connectivity index (χ1) is 10.1. The molecule has 0 saturated heterocycles. The quantitative estimate of drug-likeness (QED) is 0.676. The second-order valence-corrected chi connectivity index (χ2v) is 6.90. The summed E-state index contributed by atoms with van der Waals surface area (Å²) in [5.74, 6) is 0.280. The number of nitrogens with one attached hydrogen (secondary N) is 1. The van der Waals surface area contributed by atoms with Gasteiger partial charge in [0, 0.05) is 20.8 Å². The highest BCUT2D eigenvalue weighted by atomic mass is 127. The highest BCUT2D eigenvalue weighted by Crippen LogP contribution is 2.26. The Labute approximate surface area is 146 Å². The molecule has 0 saturated carbocycles. The third kappa shape index (κ3) is 4.78. The van der Waals surface area contributed by atoms with Crippen LogP contribution in [0.25, 0.3) is 0 Å². The molecule has 1 aromatic carbocycles. The van der Waals surface area contributed by atoms with Crippen LogP contribution < -0.4 is 5.32 Å². The van der Waals surface area contributed by atoms with E-state index in [4.69, 9.17) is 0 Å². The van der Waals surface area contributed by atoms with Gasteiger partial charge in [-0.05, 0) is 64.8 Å². The van der Waals surface area contributed by atoms with Crippen molar-refractivity contribution >= 4 is 44.4 Å². The Morgan fingerprint density at radius 1 is 1.38 bits per heavy atom. The van der Waals surface area contributed by atoms with Crippen LogP contribution in [-0.4, -0.2) is 17.4 Å². The zero-order valence-corrected chi connectivity index (χ0v) is 15.4. The number of aromatic nitrogens is 1. The van der Waals surface area contributed by atoms with E-state index < -0.39 is 0 Å². The zero-order valence-electron chi connectivity index (χ0n) is 11.6. The lowest BCUT2D eigenvalue weighted by Crippen LogP contribution is -2.26. The molecule has 110 valence electrons. The molecule has 0 aliphatic carbocycles. The van der Waals surface area contributed by atoms with E-state index in [0.717, 1.165) is 10.9 Å². The van der Waals surface area contributed by atoms with Gasteiger partial charge in [-0.1, -0.05) is 35.0 Å². The summed E-state index contributed by atoms with van der Waals surface area (Å²) in [4.78, 5) is 15.9. The molecule has 0 aliphatic heterocycles. The number of hydrogen-bond acceptors (Lipinski definition) is 2. The van der Waals surface area contributed by atoms with Crippen LogP contribution in [0.2, 0.25) is 0 Å². The number of nitrogens with zero attached hydrogens (tertiary/aromatic N) is 1. The first kappa shape index (κ1) is 16.4. The predicted octanol–water partition coefficient (Wildman–Crippen LogP) is 4.37. The van der Waals surface area contributed by atoms with E-state index in [2.05, 4.69) is 73.9 Å². The smallest absolute Gasteiger partial charge is 0.269 e. The van der Waals surface area contributed by atoms with Crippen molar-refractivity contribution in [3.05, 3.63) is 61.9 Å². The second kappa shape index (κ2) is 7.89. The molecule has 5 heteroatoms. The van der Waals surface area contributed by atoms with Crippen molar-refractivity contribution in [2.24, 2.45) is 0 Å². The van der Waals surface area contributed by atoms with Crippen LogP contribution >= 0.6 is 38.5 Å². The Hall–Kier alpha value is -0.950. The Bertz CT molecular complexity index is 619. The standard InChI is InChI=1S/C16H16BrIN2O/c1-11(13-6-5-12(17)10-14(13)18)7-9-20-16(21)15-4-2-3-8-19-15/h2-6,8,10-11H,7,9H2,1H3,(H,20,21). The van der Waals surface area contributed by atoms with Gasteiger partial charge in [-0.15, -0.1) is 0 Å². The summed E-state index contributed by atoms with van der Waals surface area (Å²) in [6.45, 7) is 2.82. The summed E-state index contributed by atoms with van der Waals surface area (Å²) < 4.78 is 2.33. The van der Waals surface area contributed by atoms with E-state index in [1.165, 1.54) is 9.13 Å². The lowest BCUT2D eigenvalue weighted by molar-refractivity contribution is 0.0947. The van der Waals surface area contributed by atoms with E-state index in [1.54, 1.807) is 18.3 Å². The molecule has 2 aromatic rings. The number of carbonyl (C=O) groups is 1. The Morgan fingerprint density at radius 2 is 2.19 bits per heavy atom. The number of rotatable bonds is 5. The Kier molecular flexibility index (Phi) is 6.17. The number of pyridine rings is 1. The molecule has 0 radical (unpaired) electrons. The number of hydrogen-bond donors (Lipinski definition) is 1. The summed E-state index contributed by atoms with van der Waals surface area (Å²) in [6, 6.07) is 11.6. The van der Waals surface area contributed by atoms with Crippen molar-refractivity contribution in [2.75, 3.05) is 6.54 Å². The van der Waals surface area contributed by atoms with E-state index in [-0.39, 0.29) is 5.91 Å². The van der Waals surface area contributed by atoms with Crippen LogP contribution in [0, 0.1) is 3.57 Å². The van der Waals surface area contributed by atoms with Gasteiger partial charge in [-0.25, -0.2) is 0 Å². The van der Waals surface area contributed by atoms with E-state index in [1.807, 2.05) is 6.07 Å². The van der Waals surface area contributed by atoms with Crippen molar-refractivity contribution in [1.82, 2.24) is 10.3 Å². The minimum absolute atomic E-state index is 0.117. The van der Waals surface area contributed by atoms with Gasteiger partial charge in [0.2, 0.25) is 0 Å². The van der Waals surface area contributed by atoms with Gasteiger partial charge in [0.15, 0.2) is 0 Å². The molecule has 1 heterocycles. The molecule has 2 rings (SSSR count). The normalized spacial score (nSPS) is 12.0. The van der Waals surface area contributed by atoms with Crippen molar-refractivity contribution < 1.29 is 4.79 Å². The maximum absolute atomic E-state index is 11.9. The van der Waals surface area contributed by atoms with Crippen LogP contribution in [-0.2, 0) is 0 Å². The Balaban J connectivity index is 1.87. The van der Waals surface area contributed by atoms with Crippen molar-refractivity contribution in [3.8, 4) is 0 Å². The number of benzene rings is 1. The monoisotopic (exact) mass is 458 g/mol. The molecule has 3 nitrogen and oxygen atoms in total. The zero-order chi connectivity index (χ0) is 15.2. The lowest BCUT2D eigenvalue weighted by Gasteiger charge is -2.14. The van der Waals surface area contributed by atoms with Crippen LogP contribution in [0.15, 0.2) is 47.1 Å². The van der Waals surface area contributed by atoms with Gasteiger partial charge in [0.05, 0.1) is 0 Å².